The van der Waals surface area contributed by atoms with Crippen LogP contribution in [0.15, 0.2) is 28.8 Å². The van der Waals surface area contributed by atoms with Crippen molar-refractivity contribution in [3.8, 4) is 5.75 Å². The number of methoxy groups -OCH3 is 1. The Balaban J connectivity index is 1.72. The van der Waals surface area contributed by atoms with Crippen LogP contribution in [0.4, 0.5) is 0 Å². The van der Waals surface area contributed by atoms with Gasteiger partial charge in [0, 0.05) is 7.11 Å². The van der Waals surface area contributed by atoms with Gasteiger partial charge in [-0.05, 0) is 43.4 Å². The fourth-order valence-corrected chi connectivity index (χ4v) is 2.56. The van der Waals surface area contributed by atoms with E-state index in [0.29, 0.717) is 18.1 Å². The largest absolute Gasteiger partial charge is 0.508 e. The Morgan fingerprint density at radius 3 is 2.67 bits per heavy atom. The van der Waals surface area contributed by atoms with Gasteiger partial charge >= 0.3 is 0 Å². The van der Waals surface area contributed by atoms with E-state index in [1.165, 1.54) is 0 Å². The van der Waals surface area contributed by atoms with Gasteiger partial charge in [-0.3, -0.25) is 0 Å². The number of aromatic hydroxyl groups is 1. The van der Waals surface area contributed by atoms with E-state index >= 15 is 0 Å². The third-order valence-electron chi connectivity index (χ3n) is 4.11. The molecule has 1 unspecified atom stereocenters. The maximum atomic E-state index is 9.28. The van der Waals surface area contributed by atoms with E-state index in [0.717, 1.165) is 24.8 Å². The van der Waals surface area contributed by atoms with Crippen LogP contribution < -0.4 is 5.73 Å². The van der Waals surface area contributed by atoms with Crippen molar-refractivity contribution in [2.24, 2.45) is 5.73 Å². The van der Waals surface area contributed by atoms with E-state index in [4.69, 9.17) is 15.0 Å². The molecule has 0 saturated heterocycles. The first-order valence-electron chi connectivity index (χ1n) is 7.06. The number of hydrogen-bond donors (Lipinski definition) is 2. The minimum absolute atomic E-state index is 0.236. The molecule has 6 heteroatoms. The number of hydrogen-bond acceptors (Lipinski definition) is 6. The number of phenols is 1. The van der Waals surface area contributed by atoms with Crippen LogP contribution >= 0.6 is 0 Å². The van der Waals surface area contributed by atoms with Crippen molar-refractivity contribution in [1.29, 1.82) is 0 Å². The predicted molar refractivity (Wildman–Crippen MR) is 75.6 cm³/mol. The van der Waals surface area contributed by atoms with Crippen molar-refractivity contribution in [3.63, 3.8) is 0 Å². The zero-order valence-electron chi connectivity index (χ0n) is 12.0. The molecule has 21 heavy (non-hydrogen) atoms. The fraction of sp³-hybridized carbons (Fsp3) is 0.467. The lowest BCUT2D eigenvalue weighted by molar-refractivity contribution is -0.0858. The normalized spacial score (nSPS) is 18.2. The molecule has 1 saturated carbocycles. The van der Waals surface area contributed by atoms with Gasteiger partial charge in [-0.25, -0.2) is 0 Å². The van der Waals surface area contributed by atoms with Crippen molar-refractivity contribution in [2.45, 2.75) is 37.3 Å². The van der Waals surface area contributed by atoms with Crippen LogP contribution in [0.25, 0.3) is 0 Å². The molecular formula is C15H19N3O3. The molecule has 112 valence electrons. The van der Waals surface area contributed by atoms with Gasteiger partial charge in [0.1, 0.15) is 11.4 Å². The standard InChI is InChI=1S/C15H19N3O3/c1-20-15(7-2-8-15)14-17-13(21-18-14)12(16)9-10-3-5-11(19)6-4-10/h3-6,12,19H,2,7-9,16H2,1H3. The lowest BCUT2D eigenvalue weighted by atomic mass is 9.79. The summed E-state index contributed by atoms with van der Waals surface area (Å²) in [5, 5.41) is 13.3. The number of phenolic OH excluding ortho intramolecular Hbond substituents is 1. The summed E-state index contributed by atoms with van der Waals surface area (Å²) in [5.74, 6) is 1.24. The van der Waals surface area contributed by atoms with Gasteiger partial charge in [0.05, 0.1) is 6.04 Å². The molecule has 0 spiro atoms. The summed E-state index contributed by atoms with van der Waals surface area (Å²) < 4.78 is 10.8. The van der Waals surface area contributed by atoms with Gasteiger partial charge in [-0.15, -0.1) is 0 Å². The van der Waals surface area contributed by atoms with Crippen LogP contribution in [0, 0.1) is 0 Å². The Morgan fingerprint density at radius 2 is 2.10 bits per heavy atom. The lowest BCUT2D eigenvalue weighted by Crippen LogP contribution is -2.37. The number of nitrogens with two attached hydrogens (primary N) is 1. The minimum atomic E-state index is -0.389. The molecule has 1 aromatic carbocycles. The Morgan fingerprint density at radius 1 is 1.38 bits per heavy atom. The Hall–Kier alpha value is -1.92. The van der Waals surface area contributed by atoms with Gasteiger partial charge in [0.25, 0.3) is 0 Å². The van der Waals surface area contributed by atoms with Crippen LogP contribution in [0.5, 0.6) is 5.75 Å². The molecule has 0 amide bonds. The van der Waals surface area contributed by atoms with Crippen LogP contribution in [0.2, 0.25) is 0 Å². The van der Waals surface area contributed by atoms with E-state index in [1.54, 1.807) is 19.2 Å². The molecule has 6 nitrogen and oxygen atoms in total. The molecule has 1 atom stereocenters. The highest BCUT2D eigenvalue weighted by Gasteiger charge is 2.43. The summed E-state index contributed by atoms with van der Waals surface area (Å²) >= 11 is 0. The second-order valence-electron chi connectivity index (χ2n) is 5.49. The number of benzene rings is 1. The molecule has 3 rings (SSSR count). The maximum absolute atomic E-state index is 9.28. The van der Waals surface area contributed by atoms with Gasteiger partial charge in [-0.1, -0.05) is 17.3 Å². The number of nitrogens with zero attached hydrogens (tertiary/aromatic N) is 2. The van der Waals surface area contributed by atoms with Crippen LogP contribution in [0.3, 0.4) is 0 Å². The summed E-state index contributed by atoms with van der Waals surface area (Å²) in [7, 11) is 1.67. The molecule has 0 bridgehead atoms. The average Bonchev–Trinajstić information content (AvgIpc) is 2.91. The molecule has 1 heterocycles. The van der Waals surface area contributed by atoms with Gasteiger partial charge in [0.2, 0.25) is 11.7 Å². The van der Waals surface area contributed by atoms with Crippen molar-refractivity contribution in [2.75, 3.05) is 7.11 Å². The summed E-state index contributed by atoms with van der Waals surface area (Å²) in [4.78, 5) is 4.41. The van der Waals surface area contributed by atoms with Crippen molar-refractivity contribution in [3.05, 3.63) is 41.5 Å². The highest BCUT2D eigenvalue weighted by Crippen LogP contribution is 2.42. The first kappa shape index (κ1) is 14.0. The molecule has 1 aromatic heterocycles. The third kappa shape index (κ3) is 2.64. The van der Waals surface area contributed by atoms with Crippen LogP contribution in [0.1, 0.15) is 42.6 Å². The first-order chi connectivity index (χ1) is 10.1. The van der Waals surface area contributed by atoms with Crippen LogP contribution in [-0.2, 0) is 16.8 Å². The number of aromatic nitrogens is 2. The Bertz CT molecular complexity index is 599. The van der Waals surface area contributed by atoms with Gasteiger partial charge in [0.15, 0.2) is 0 Å². The van der Waals surface area contributed by atoms with Crippen LogP contribution in [-0.4, -0.2) is 22.4 Å². The Kier molecular flexibility index (Phi) is 3.65. The quantitative estimate of drug-likeness (QED) is 0.874. The van der Waals surface area contributed by atoms with Crippen molar-refractivity contribution >= 4 is 0 Å². The van der Waals surface area contributed by atoms with E-state index in [9.17, 15) is 5.11 Å². The lowest BCUT2D eigenvalue weighted by Gasteiger charge is -2.37. The predicted octanol–water partition coefficient (Wildman–Crippen LogP) is 2.04. The Labute approximate surface area is 122 Å². The maximum Gasteiger partial charge on any atom is 0.244 e. The average molecular weight is 289 g/mol. The molecule has 3 N–H and O–H groups in total. The molecule has 1 aliphatic carbocycles. The second-order valence-corrected chi connectivity index (χ2v) is 5.49. The number of rotatable bonds is 5. The topological polar surface area (TPSA) is 94.4 Å². The fourth-order valence-electron chi connectivity index (χ4n) is 2.56. The first-order valence-corrected chi connectivity index (χ1v) is 7.06. The summed E-state index contributed by atoms with van der Waals surface area (Å²) in [6.45, 7) is 0. The highest BCUT2D eigenvalue weighted by molar-refractivity contribution is 5.26. The van der Waals surface area contributed by atoms with E-state index in [-0.39, 0.29) is 17.4 Å². The molecule has 0 radical (unpaired) electrons. The molecule has 2 aromatic rings. The SMILES string of the molecule is COC1(c2noc(C(N)Cc3ccc(O)cc3)n2)CCC1. The van der Waals surface area contributed by atoms with E-state index in [1.807, 2.05) is 12.1 Å². The second kappa shape index (κ2) is 5.46. The summed E-state index contributed by atoms with van der Waals surface area (Å²) in [6.07, 6.45) is 3.50. The molecular weight excluding hydrogens is 270 g/mol. The van der Waals surface area contributed by atoms with E-state index in [2.05, 4.69) is 10.1 Å². The monoisotopic (exact) mass is 289 g/mol. The van der Waals surface area contributed by atoms with E-state index < -0.39 is 0 Å². The minimum Gasteiger partial charge on any atom is -0.508 e. The molecule has 0 aliphatic heterocycles. The van der Waals surface area contributed by atoms with Gasteiger partial charge in [-0.2, -0.15) is 4.98 Å². The molecule has 1 aliphatic rings. The zero-order chi connectivity index (χ0) is 14.9. The zero-order valence-corrected chi connectivity index (χ0v) is 12.0. The highest BCUT2D eigenvalue weighted by atomic mass is 16.5. The van der Waals surface area contributed by atoms with Crippen molar-refractivity contribution in [1.82, 2.24) is 10.1 Å². The third-order valence-corrected chi connectivity index (χ3v) is 4.11. The van der Waals surface area contributed by atoms with Gasteiger partial charge < -0.3 is 20.1 Å². The smallest absolute Gasteiger partial charge is 0.244 e. The van der Waals surface area contributed by atoms with Crippen molar-refractivity contribution < 1.29 is 14.4 Å². The molecule has 1 fully saturated rings. The summed E-state index contributed by atoms with van der Waals surface area (Å²) in [6, 6.07) is 6.56. The summed E-state index contributed by atoms with van der Waals surface area (Å²) in [5.41, 5.74) is 6.74. The number of ether oxygens (including phenoxy) is 1.